The molecular weight excluding hydrogens is 421 g/mol. The van der Waals surface area contributed by atoms with Crippen molar-refractivity contribution < 1.29 is 33.5 Å². The third kappa shape index (κ3) is 5.01. The van der Waals surface area contributed by atoms with E-state index in [-0.39, 0.29) is 29.2 Å². The van der Waals surface area contributed by atoms with Crippen molar-refractivity contribution in [2.45, 2.75) is 50.9 Å². The van der Waals surface area contributed by atoms with E-state index in [1.54, 1.807) is 12.1 Å². The van der Waals surface area contributed by atoms with Crippen LogP contribution in [-0.4, -0.2) is 54.8 Å². The number of hydrogen-bond donors (Lipinski definition) is 2. The van der Waals surface area contributed by atoms with E-state index >= 15 is 0 Å². The normalized spacial score (nSPS) is 21.3. The van der Waals surface area contributed by atoms with Crippen LogP contribution in [0.1, 0.15) is 49.0 Å². The summed E-state index contributed by atoms with van der Waals surface area (Å²) in [4.78, 5) is 36.4. The van der Waals surface area contributed by atoms with E-state index in [1.807, 2.05) is 26.2 Å². The number of para-hydroxylation sites is 1. The fraction of sp³-hybridized carbons (Fsp3) is 0.571. The highest BCUT2D eigenvalue weighted by Gasteiger charge is 2.66. The van der Waals surface area contributed by atoms with Crippen molar-refractivity contribution in [3.05, 3.63) is 29.3 Å². The van der Waals surface area contributed by atoms with Crippen molar-refractivity contribution in [3.63, 3.8) is 0 Å². The molecule has 1 aliphatic heterocycles. The lowest BCUT2D eigenvalue weighted by Crippen LogP contribution is -2.41. The van der Waals surface area contributed by atoms with Gasteiger partial charge >= 0.3 is 19.1 Å². The van der Waals surface area contributed by atoms with Crippen molar-refractivity contribution >= 4 is 36.7 Å². The molecule has 1 spiro atoms. The third-order valence-electron chi connectivity index (χ3n) is 6.00. The second-order valence-electron chi connectivity index (χ2n) is 7.96. The van der Waals surface area contributed by atoms with Crippen molar-refractivity contribution in [3.8, 4) is 5.75 Å². The quantitative estimate of drug-likeness (QED) is 0.335. The molecule has 1 saturated carbocycles. The summed E-state index contributed by atoms with van der Waals surface area (Å²) < 4.78 is 15.9. The van der Waals surface area contributed by atoms with E-state index in [2.05, 4.69) is 5.32 Å². The van der Waals surface area contributed by atoms with Gasteiger partial charge in [-0.1, -0.05) is 26.0 Å². The topological polar surface area (TPSA) is 111 Å². The number of carbonyl (C=O) groups is 3. The number of rotatable bonds is 9. The molecule has 2 atom stereocenters. The van der Waals surface area contributed by atoms with Crippen molar-refractivity contribution in [1.82, 2.24) is 5.32 Å². The van der Waals surface area contributed by atoms with Crippen molar-refractivity contribution in [2.24, 2.45) is 5.92 Å². The lowest BCUT2D eigenvalue weighted by Gasteiger charge is -2.29. The van der Waals surface area contributed by atoms with Crippen LogP contribution in [0.5, 0.6) is 5.75 Å². The lowest BCUT2D eigenvalue weighted by molar-refractivity contribution is -0.157. The Hall–Kier alpha value is -2.20. The first-order valence-corrected chi connectivity index (χ1v) is 11.8. The van der Waals surface area contributed by atoms with Crippen LogP contribution in [0.25, 0.3) is 0 Å². The maximum Gasteiger partial charge on any atom is 0.531 e. The number of benzene rings is 1. The van der Waals surface area contributed by atoms with E-state index in [4.69, 9.17) is 14.1 Å². The van der Waals surface area contributed by atoms with Gasteiger partial charge in [0.1, 0.15) is 11.3 Å². The number of ether oxygens (including phenoxy) is 2. The first-order valence-electron chi connectivity index (χ1n) is 10.4. The Morgan fingerprint density at radius 1 is 1.32 bits per heavy atom. The molecular formula is C21H28BNO7S. The van der Waals surface area contributed by atoms with Gasteiger partial charge in [0.05, 0.1) is 11.7 Å². The Bertz CT molecular complexity index is 847. The average Bonchev–Trinajstić information content (AvgIpc) is 3.41. The molecule has 0 saturated heterocycles. The lowest BCUT2D eigenvalue weighted by atomic mass is 9.62. The predicted molar refractivity (Wildman–Crippen MR) is 117 cm³/mol. The van der Waals surface area contributed by atoms with Crippen molar-refractivity contribution in [1.29, 1.82) is 0 Å². The molecule has 3 rings (SSSR count). The van der Waals surface area contributed by atoms with Crippen LogP contribution in [0.4, 0.5) is 0 Å². The van der Waals surface area contributed by atoms with Gasteiger partial charge in [-0.05, 0) is 43.6 Å². The van der Waals surface area contributed by atoms with Gasteiger partial charge in [0.15, 0.2) is 0 Å². The van der Waals surface area contributed by atoms with Crippen LogP contribution in [0.15, 0.2) is 18.2 Å². The molecule has 1 amide bonds. The Balaban J connectivity index is 1.63. The second-order valence-corrected chi connectivity index (χ2v) is 8.82. The van der Waals surface area contributed by atoms with Crippen molar-refractivity contribution in [2.75, 3.05) is 18.8 Å². The maximum absolute atomic E-state index is 12.5. The van der Waals surface area contributed by atoms with Crippen LogP contribution in [0.2, 0.25) is 5.31 Å². The Morgan fingerprint density at radius 2 is 2.06 bits per heavy atom. The molecule has 1 fully saturated rings. The minimum Gasteiger partial charge on any atom is -0.535 e. The molecule has 1 aliphatic carbocycles. The van der Waals surface area contributed by atoms with Crippen LogP contribution in [-0.2, 0) is 25.5 Å². The Labute approximate surface area is 186 Å². The van der Waals surface area contributed by atoms with Gasteiger partial charge in [0.25, 0.3) is 0 Å². The number of carbonyl (C=O) groups excluding carboxylic acids is 3. The predicted octanol–water partition coefficient (Wildman–Crippen LogP) is 2.19. The largest absolute Gasteiger partial charge is 0.535 e. The van der Waals surface area contributed by atoms with E-state index in [0.717, 1.165) is 5.56 Å². The molecule has 2 unspecified atom stereocenters. The van der Waals surface area contributed by atoms with Gasteiger partial charge in [0.2, 0.25) is 12.7 Å². The summed E-state index contributed by atoms with van der Waals surface area (Å²) >= 11 is 1.43. The van der Waals surface area contributed by atoms with Gasteiger partial charge in [-0.25, -0.2) is 4.79 Å². The minimum absolute atomic E-state index is 0.0763. The summed E-state index contributed by atoms with van der Waals surface area (Å²) in [5, 5.41) is 13.0. The molecule has 1 heterocycles. The Kier molecular flexibility index (Phi) is 7.53. The maximum atomic E-state index is 12.5. The van der Waals surface area contributed by atoms with Gasteiger partial charge < -0.3 is 24.5 Å². The second kappa shape index (κ2) is 9.95. The highest BCUT2D eigenvalue weighted by atomic mass is 32.2. The van der Waals surface area contributed by atoms with Crippen LogP contribution >= 0.6 is 11.8 Å². The number of nitrogens with one attached hydrogen (secondary N) is 1. The van der Waals surface area contributed by atoms with E-state index in [0.29, 0.717) is 31.4 Å². The first kappa shape index (κ1) is 23.5. The zero-order valence-corrected chi connectivity index (χ0v) is 18.8. The summed E-state index contributed by atoms with van der Waals surface area (Å²) in [5.41, 5.74) is 0.920. The molecule has 0 aromatic heterocycles. The molecule has 1 aromatic rings. The number of amides is 1. The average molecular weight is 449 g/mol. The van der Waals surface area contributed by atoms with E-state index in [9.17, 15) is 19.4 Å². The van der Waals surface area contributed by atoms with E-state index in [1.165, 1.54) is 11.8 Å². The molecule has 2 N–H and O–H groups in total. The highest BCUT2D eigenvalue weighted by Crippen LogP contribution is 2.61. The molecule has 0 bridgehead atoms. The van der Waals surface area contributed by atoms with Crippen LogP contribution in [0.3, 0.4) is 0 Å². The summed E-state index contributed by atoms with van der Waals surface area (Å²) in [7, 11) is -1.15. The fourth-order valence-electron chi connectivity index (χ4n) is 4.00. The van der Waals surface area contributed by atoms with Gasteiger partial charge in [-0.3, -0.25) is 9.59 Å². The zero-order valence-electron chi connectivity index (χ0n) is 18.0. The van der Waals surface area contributed by atoms with Gasteiger partial charge in [0, 0.05) is 11.4 Å². The SMILES string of the molecule is CCC(CC)C(=O)OCOC(=O)c1cccc2c1OB(O)C1(C2)CC1NC(=O)CSC. The monoisotopic (exact) mass is 449 g/mol. The molecule has 8 nitrogen and oxygen atoms in total. The third-order valence-corrected chi connectivity index (χ3v) is 6.55. The number of fused-ring (bicyclic) bond motifs is 1. The summed E-state index contributed by atoms with van der Waals surface area (Å²) in [5.74, 6) is -0.771. The zero-order chi connectivity index (χ0) is 22.6. The summed E-state index contributed by atoms with van der Waals surface area (Å²) in [6, 6.07) is 4.91. The van der Waals surface area contributed by atoms with Crippen LogP contribution in [0, 0.1) is 5.92 Å². The molecule has 31 heavy (non-hydrogen) atoms. The van der Waals surface area contributed by atoms with E-state index < -0.39 is 31.2 Å². The van der Waals surface area contributed by atoms with Crippen LogP contribution < -0.4 is 9.97 Å². The molecule has 1 aromatic carbocycles. The smallest absolute Gasteiger partial charge is 0.531 e. The standard InChI is InChI=1S/C21H28BNO7S/c1-4-13(5-2)19(25)28-12-29-20(26)15-8-6-7-14-9-21(22(27)30-18(14)15)10-16(21)23-17(24)11-31-3/h6-8,13,16,27H,4-5,9-12H2,1-3H3,(H,23,24). The van der Waals surface area contributed by atoms with Gasteiger partial charge in [-0.15, -0.1) is 0 Å². The molecule has 168 valence electrons. The summed E-state index contributed by atoms with van der Waals surface area (Å²) in [6.45, 7) is 3.31. The highest BCUT2D eigenvalue weighted by molar-refractivity contribution is 7.99. The minimum atomic E-state index is -1.15. The molecule has 10 heteroatoms. The Morgan fingerprint density at radius 3 is 2.74 bits per heavy atom. The fourth-order valence-corrected chi connectivity index (χ4v) is 4.35. The number of thioether (sulfide) groups is 1. The summed E-state index contributed by atoms with van der Waals surface area (Å²) in [6.07, 6.45) is 4.24. The number of hydrogen-bond acceptors (Lipinski definition) is 8. The molecule has 2 aliphatic rings. The first-order chi connectivity index (χ1) is 14.9. The van der Waals surface area contributed by atoms with Gasteiger partial charge in [-0.2, -0.15) is 11.8 Å². The number of esters is 2. The molecule has 0 radical (unpaired) electrons.